The molecule has 3 nitrogen and oxygen atoms in total. The van der Waals surface area contributed by atoms with Gasteiger partial charge in [0.05, 0.1) is 5.02 Å². The molecule has 3 aromatic rings. The molecule has 0 aliphatic rings. The number of rotatable bonds is 7. The summed E-state index contributed by atoms with van der Waals surface area (Å²) >= 11 is 6.42. The number of carbonyl (C=O) groups is 1. The van der Waals surface area contributed by atoms with Gasteiger partial charge in [-0.25, -0.2) is 0 Å². The van der Waals surface area contributed by atoms with Crippen molar-refractivity contribution in [3.63, 3.8) is 0 Å². The average Bonchev–Trinajstić information content (AvgIpc) is 2.75. The Morgan fingerprint density at radius 3 is 2.34 bits per heavy atom. The molecule has 0 saturated heterocycles. The van der Waals surface area contributed by atoms with E-state index < -0.39 is 6.10 Å². The van der Waals surface area contributed by atoms with Crippen LogP contribution in [0.15, 0.2) is 72.8 Å². The lowest BCUT2D eigenvalue weighted by molar-refractivity contribution is -0.122. The third-order valence-electron chi connectivity index (χ3n) is 5.07. The van der Waals surface area contributed by atoms with E-state index in [1.807, 2.05) is 66.7 Å². The zero-order valence-corrected chi connectivity index (χ0v) is 17.7. The minimum absolute atomic E-state index is 0.205. The highest BCUT2D eigenvalue weighted by Gasteiger charge is 2.19. The van der Waals surface area contributed by atoms with Crippen molar-refractivity contribution >= 4 is 23.2 Å². The maximum absolute atomic E-state index is 12.7. The third kappa shape index (κ3) is 5.18. The van der Waals surface area contributed by atoms with Gasteiger partial charge in [-0.2, -0.15) is 0 Å². The fraction of sp³-hybridized carbons (Fsp3) is 0.240. The molecule has 0 bridgehead atoms. The largest absolute Gasteiger partial charge is 0.479 e. The molecule has 0 radical (unpaired) electrons. The number of hydrogen-bond acceptors (Lipinski definition) is 2. The second-order valence-corrected chi connectivity index (χ2v) is 7.56. The monoisotopic (exact) mass is 407 g/mol. The van der Waals surface area contributed by atoms with Gasteiger partial charge in [0, 0.05) is 5.69 Å². The summed E-state index contributed by atoms with van der Waals surface area (Å²) < 4.78 is 5.85. The summed E-state index contributed by atoms with van der Waals surface area (Å²) in [6, 6.07) is 23.5. The van der Waals surface area contributed by atoms with Crippen LogP contribution in [-0.2, 0) is 4.79 Å². The molecule has 0 unspecified atom stereocenters. The van der Waals surface area contributed by atoms with E-state index in [4.69, 9.17) is 16.3 Å². The molecule has 1 N–H and O–H groups in total. The molecule has 2 atom stereocenters. The van der Waals surface area contributed by atoms with E-state index in [9.17, 15) is 4.79 Å². The predicted octanol–water partition coefficient (Wildman–Crippen LogP) is 6.93. The minimum Gasteiger partial charge on any atom is -0.479 e. The van der Waals surface area contributed by atoms with Gasteiger partial charge in [0.1, 0.15) is 5.75 Å². The van der Waals surface area contributed by atoms with Crippen LogP contribution >= 0.6 is 11.6 Å². The SMILES string of the molecule is CC[C@@H](C)c1ccccc1NC(=O)[C@@H](C)Oc1ccc(-c2ccccc2)cc1Cl. The smallest absolute Gasteiger partial charge is 0.265 e. The molecule has 0 aromatic heterocycles. The number of carbonyl (C=O) groups excluding carboxylic acids is 1. The third-order valence-corrected chi connectivity index (χ3v) is 5.37. The van der Waals surface area contributed by atoms with E-state index in [0.717, 1.165) is 28.8 Å². The Morgan fingerprint density at radius 1 is 0.966 bits per heavy atom. The molecule has 0 heterocycles. The first kappa shape index (κ1) is 20.9. The Balaban J connectivity index is 1.70. The number of nitrogens with one attached hydrogen (secondary N) is 1. The fourth-order valence-electron chi connectivity index (χ4n) is 3.15. The van der Waals surface area contributed by atoms with Crippen molar-refractivity contribution in [2.24, 2.45) is 0 Å². The highest BCUT2D eigenvalue weighted by atomic mass is 35.5. The molecular weight excluding hydrogens is 382 g/mol. The van der Waals surface area contributed by atoms with E-state index in [0.29, 0.717) is 16.7 Å². The molecule has 3 rings (SSSR count). The van der Waals surface area contributed by atoms with Crippen molar-refractivity contribution < 1.29 is 9.53 Å². The summed E-state index contributed by atoms with van der Waals surface area (Å²) in [6.07, 6.45) is 0.322. The number of amides is 1. The van der Waals surface area contributed by atoms with Crippen LogP contribution in [0.2, 0.25) is 5.02 Å². The van der Waals surface area contributed by atoms with Crippen LogP contribution < -0.4 is 10.1 Å². The first-order valence-corrected chi connectivity index (χ1v) is 10.3. The summed E-state index contributed by atoms with van der Waals surface area (Å²) in [5.74, 6) is 0.649. The fourth-order valence-corrected chi connectivity index (χ4v) is 3.37. The molecule has 0 spiro atoms. The Kier molecular flexibility index (Phi) is 6.95. The lowest BCUT2D eigenvalue weighted by atomic mass is 9.97. The predicted molar refractivity (Wildman–Crippen MR) is 121 cm³/mol. The molecule has 0 aliphatic carbocycles. The van der Waals surface area contributed by atoms with Crippen LogP contribution in [0.25, 0.3) is 11.1 Å². The van der Waals surface area contributed by atoms with Gasteiger partial charge in [-0.05, 0) is 54.2 Å². The van der Waals surface area contributed by atoms with Crippen molar-refractivity contribution in [1.82, 2.24) is 0 Å². The maximum Gasteiger partial charge on any atom is 0.265 e. The van der Waals surface area contributed by atoms with Crippen LogP contribution in [0.4, 0.5) is 5.69 Å². The van der Waals surface area contributed by atoms with Gasteiger partial charge < -0.3 is 10.1 Å². The van der Waals surface area contributed by atoms with Gasteiger partial charge >= 0.3 is 0 Å². The maximum atomic E-state index is 12.7. The van der Waals surface area contributed by atoms with Crippen molar-refractivity contribution in [2.75, 3.05) is 5.32 Å². The second kappa shape index (κ2) is 9.62. The van der Waals surface area contributed by atoms with Crippen molar-refractivity contribution in [3.05, 3.63) is 83.4 Å². The van der Waals surface area contributed by atoms with Gasteiger partial charge in [-0.1, -0.05) is 80.0 Å². The first-order valence-electron chi connectivity index (χ1n) is 9.91. The van der Waals surface area contributed by atoms with Crippen molar-refractivity contribution in [1.29, 1.82) is 0 Å². The molecular formula is C25H26ClNO2. The van der Waals surface area contributed by atoms with Crippen LogP contribution in [0.3, 0.4) is 0 Å². The highest BCUT2D eigenvalue weighted by molar-refractivity contribution is 6.32. The first-order chi connectivity index (χ1) is 14.0. The van der Waals surface area contributed by atoms with E-state index in [1.54, 1.807) is 6.92 Å². The zero-order valence-electron chi connectivity index (χ0n) is 17.0. The van der Waals surface area contributed by atoms with Crippen molar-refractivity contribution in [2.45, 2.75) is 39.2 Å². The molecule has 29 heavy (non-hydrogen) atoms. The highest BCUT2D eigenvalue weighted by Crippen LogP contribution is 2.31. The minimum atomic E-state index is -0.680. The lowest BCUT2D eigenvalue weighted by Crippen LogP contribution is -2.30. The topological polar surface area (TPSA) is 38.3 Å². The van der Waals surface area contributed by atoms with Crippen LogP contribution in [0.1, 0.15) is 38.7 Å². The number of ether oxygens (including phenoxy) is 1. The Hall–Kier alpha value is -2.78. The van der Waals surface area contributed by atoms with Crippen LogP contribution in [0.5, 0.6) is 5.75 Å². The van der Waals surface area contributed by atoms with Crippen LogP contribution in [0, 0.1) is 0 Å². The Morgan fingerprint density at radius 2 is 1.66 bits per heavy atom. The molecule has 3 aromatic carbocycles. The van der Waals surface area contributed by atoms with Crippen molar-refractivity contribution in [3.8, 4) is 16.9 Å². The number of halogens is 1. The quantitative estimate of drug-likeness (QED) is 0.461. The molecule has 150 valence electrons. The van der Waals surface area contributed by atoms with Gasteiger partial charge in [-0.15, -0.1) is 0 Å². The van der Waals surface area contributed by atoms with Crippen LogP contribution in [-0.4, -0.2) is 12.0 Å². The molecule has 4 heteroatoms. The molecule has 1 amide bonds. The molecule has 0 saturated carbocycles. The van der Waals surface area contributed by atoms with E-state index in [-0.39, 0.29) is 5.91 Å². The van der Waals surface area contributed by atoms with E-state index >= 15 is 0 Å². The molecule has 0 fully saturated rings. The Labute approximate surface area is 177 Å². The summed E-state index contributed by atoms with van der Waals surface area (Å²) in [5.41, 5.74) is 4.03. The van der Waals surface area contributed by atoms with Gasteiger partial charge in [0.2, 0.25) is 0 Å². The average molecular weight is 408 g/mol. The number of para-hydroxylation sites is 1. The summed E-state index contributed by atoms with van der Waals surface area (Å²) in [5, 5.41) is 3.47. The van der Waals surface area contributed by atoms with Gasteiger partial charge in [0.25, 0.3) is 5.91 Å². The number of benzene rings is 3. The standard InChI is InChI=1S/C25H26ClNO2/c1-4-17(2)21-12-8-9-13-23(21)27-25(28)18(3)29-24-15-14-20(16-22(24)26)19-10-6-5-7-11-19/h5-18H,4H2,1-3H3,(H,27,28)/t17-,18-/m1/s1. The lowest BCUT2D eigenvalue weighted by Gasteiger charge is -2.19. The summed E-state index contributed by atoms with van der Waals surface area (Å²) in [6.45, 7) is 6.01. The number of hydrogen-bond donors (Lipinski definition) is 1. The van der Waals surface area contributed by atoms with Gasteiger partial charge in [-0.3, -0.25) is 4.79 Å². The molecule has 0 aliphatic heterocycles. The number of anilines is 1. The van der Waals surface area contributed by atoms with Gasteiger partial charge in [0.15, 0.2) is 6.10 Å². The summed E-state index contributed by atoms with van der Waals surface area (Å²) in [4.78, 5) is 12.7. The zero-order chi connectivity index (χ0) is 20.8. The Bertz CT molecular complexity index is 972. The second-order valence-electron chi connectivity index (χ2n) is 7.16. The summed E-state index contributed by atoms with van der Waals surface area (Å²) in [7, 11) is 0. The van der Waals surface area contributed by atoms with E-state index in [2.05, 4.69) is 25.2 Å². The normalized spacial score (nSPS) is 12.8. The van der Waals surface area contributed by atoms with E-state index in [1.165, 1.54) is 0 Å².